The summed E-state index contributed by atoms with van der Waals surface area (Å²) in [7, 11) is 1.78. The lowest BCUT2D eigenvalue weighted by Crippen LogP contribution is -2.32. The Labute approximate surface area is 121 Å². The molecule has 110 valence electrons. The van der Waals surface area contributed by atoms with E-state index in [-0.39, 0.29) is 11.6 Å². The maximum Gasteiger partial charge on any atom is 0.110 e. The Morgan fingerprint density at radius 2 is 2.11 bits per heavy atom. The highest BCUT2D eigenvalue weighted by Gasteiger charge is 2.25. The van der Waals surface area contributed by atoms with Crippen molar-refractivity contribution in [1.29, 1.82) is 0 Å². The monoisotopic (exact) mass is 284 g/mol. The molecule has 0 saturated carbocycles. The molecule has 0 aromatic carbocycles. The van der Waals surface area contributed by atoms with Gasteiger partial charge in [-0.3, -0.25) is 0 Å². The molecule has 1 aromatic rings. The van der Waals surface area contributed by atoms with Crippen LogP contribution < -0.4 is 5.32 Å². The summed E-state index contributed by atoms with van der Waals surface area (Å²) >= 11 is 1.76. The van der Waals surface area contributed by atoms with Gasteiger partial charge in [0.2, 0.25) is 0 Å². The molecule has 3 nitrogen and oxygen atoms in total. The highest BCUT2D eigenvalue weighted by Crippen LogP contribution is 2.29. The zero-order chi connectivity index (χ0) is 14.5. The molecule has 1 aromatic heterocycles. The molecule has 4 heteroatoms. The Morgan fingerprint density at radius 3 is 2.58 bits per heavy atom. The van der Waals surface area contributed by atoms with Gasteiger partial charge in [-0.25, -0.2) is 4.98 Å². The van der Waals surface area contributed by atoms with Crippen molar-refractivity contribution < 1.29 is 4.74 Å². The van der Waals surface area contributed by atoms with E-state index in [2.05, 4.69) is 45.3 Å². The van der Waals surface area contributed by atoms with E-state index in [0.29, 0.717) is 5.92 Å². The quantitative estimate of drug-likeness (QED) is 0.779. The number of ether oxygens (including phenoxy) is 1. The van der Waals surface area contributed by atoms with E-state index in [1.54, 1.807) is 18.4 Å². The summed E-state index contributed by atoms with van der Waals surface area (Å²) in [5.74, 6) is 0.493. The Kier molecular flexibility index (Phi) is 6.43. The van der Waals surface area contributed by atoms with Crippen molar-refractivity contribution in [3.63, 3.8) is 0 Å². The molecule has 1 N–H and O–H groups in total. The molecule has 0 bridgehead atoms. The molecule has 1 unspecified atom stereocenters. The van der Waals surface area contributed by atoms with Crippen molar-refractivity contribution in [2.75, 3.05) is 13.7 Å². The van der Waals surface area contributed by atoms with Gasteiger partial charge in [-0.2, -0.15) is 0 Å². The zero-order valence-electron chi connectivity index (χ0n) is 13.1. The van der Waals surface area contributed by atoms with Crippen LogP contribution in [0.1, 0.15) is 70.1 Å². The summed E-state index contributed by atoms with van der Waals surface area (Å²) in [5.41, 5.74) is 1.06. The van der Waals surface area contributed by atoms with Gasteiger partial charge in [0.25, 0.3) is 0 Å². The van der Waals surface area contributed by atoms with Gasteiger partial charge in [0.05, 0.1) is 17.3 Å². The van der Waals surface area contributed by atoms with Crippen molar-refractivity contribution in [1.82, 2.24) is 10.3 Å². The molecule has 0 radical (unpaired) electrons. The van der Waals surface area contributed by atoms with Crippen LogP contribution in [0.5, 0.6) is 0 Å². The summed E-state index contributed by atoms with van der Waals surface area (Å²) in [5, 5.41) is 6.96. The second kappa shape index (κ2) is 7.36. The molecule has 0 aliphatic heterocycles. The average Bonchev–Trinajstić information content (AvgIpc) is 2.84. The Hall–Kier alpha value is -0.450. The summed E-state index contributed by atoms with van der Waals surface area (Å²) in [6, 6.07) is 0.285. The van der Waals surface area contributed by atoms with Crippen LogP contribution in [-0.2, 0) is 4.74 Å². The van der Waals surface area contributed by atoms with E-state index in [9.17, 15) is 0 Å². The number of nitrogens with one attached hydrogen (secondary N) is 1. The number of hydrogen-bond acceptors (Lipinski definition) is 4. The topological polar surface area (TPSA) is 34.1 Å². The minimum atomic E-state index is -0.130. The number of hydrogen-bond donors (Lipinski definition) is 1. The van der Waals surface area contributed by atoms with Gasteiger partial charge in [0.1, 0.15) is 5.01 Å². The first-order valence-corrected chi connectivity index (χ1v) is 8.01. The number of rotatable bonds is 8. The van der Waals surface area contributed by atoms with Crippen LogP contribution in [0.4, 0.5) is 0 Å². The molecular weight excluding hydrogens is 256 g/mol. The van der Waals surface area contributed by atoms with E-state index < -0.39 is 0 Å². The van der Waals surface area contributed by atoms with Crippen molar-refractivity contribution in [3.8, 4) is 0 Å². The minimum absolute atomic E-state index is 0.130. The Balaban J connectivity index is 2.82. The van der Waals surface area contributed by atoms with Crippen LogP contribution in [0.2, 0.25) is 0 Å². The van der Waals surface area contributed by atoms with Crippen LogP contribution in [0.25, 0.3) is 0 Å². The number of methoxy groups -OCH3 is 1. The predicted molar refractivity (Wildman–Crippen MR) is 82.9 cm³/mol. The third kappa shape index (κ3) is 5.21. The second-order valence-electron chi connectivity index (χ2n) is 5.94. The van der Waals surface area contributed by atoms with Crippen LogP contribution in [0.15, 0.2) is 5.38 Å². The van der Waals surface area contributed by atoms with Crippen molar-refractivity contribution in [3.05, 3.63) is 16.1 Å². The molecule has 0 saturated heterocycles. The standard InChI is InChI=1S/C15H28N2OS/c1-7-8-16-12(9-15(4,5)18-6)14-17-13(10-19-14)11(2)3/h10-12,16H,7-9H2,1-6H3. The maximum atomic E-state index is 5.56. The van der Waals surface area contributed by atoms with E-state index in [0.717, 1.165) is 19.4 Å². The molecule has 1 atom stereocenters. The predicted octanol–water partition coefficient (Wildman–Crippen LogP) is 4.12. The molecule has 0 amide bonds. The van der Waals surface area contributed by atoms with E-state index in [4.69, 9.17) is 9.72 Å². The van der Waals surface area contributed by atoms with Crippen molar-refractivity contribution >= 4 is 11.3 Å². The molecule has 1 heterocycles. The van der Waals surface area contributed by atoms with Gasteiger partial charge in [0.15, 0.2) is 0 Å². The average molecular weight is 284 g/mol. The first kappa shape index (κ1) is 16.6. The van der Waals surface area contributed by atoms with E-state index >= 15 is 0 Å². The van der Waals surface area contributed by atoms with Crippen LogP contribution in [-0.4, -0.2) is 24.2 Å². The third-order valence-corrected chi connectivity index (χ3v) is 4.30. The summed E-state index contributed by atoms with van der Waals surface area (Å²) in [6.07, 6.45) is 2.07. The van der Waals surface area contributed by atoms with Gasteiger partial charge in [0, 0.05) is 12.5 Å². The molecule has 0 aliphatic rings. The molecule has 0 spiro atoms. The van der Waals surface area contributed by atoms with Crippen molar-refractivity contribution in [2.45, 2.75) is 65.0 Å². The van der Waals surface area contributed by atoms with Gasteiger partial charge in [-0.1, -0.05) is 20.8 Å². The fourth-order valence-corrected chi connectivity index (χ4v) is 2.92. The van der Waals surface area contributed by atoms with Crippen LogP contribution >= 0.6 is 11.3 Å². The van der Waals surface area contributed by atoms with Gasteiger partial charge >= 0.3 is 0 Å². The summed E-state index contributed by atoms with van der Waals surface area (Å²) in [4.78, 5) is 4.78. The molecule has 1 rings (SSSR count). The first-order valence-electron chi connectivity index (χ1n) is 7.13. The lowest BCUT2D eigenvalue weighted by Gasteiger charge is -2.28. The van der Waals surface area contributed by atoms with Gasteiger partial charge in [-0.05, 0) is 39.2 Å². The second-order valence-corrected chi connectivity index (χ2v) is 6.83. The normalized spacial score (nSPS) is 14.1. The van der Waals surface area contributed by atoms with E-state index in [1.807, 2.05) is 0 Å². The maximum absolute atomic E-state index is 5.56. The number of aromatic nitrogens is 1. The van der Waals surface area contributed by atoms with Gasteiger partial charge < -0.3 is 10.1 Å². The fourth-order valence-electron chi connectivity index (χ4n) is 1.87. The smallest absolute Gasteiger partial charge is 0.110 e. The Morgan fingerprint density at radius 1 is 1.42 bits per heavy atom. The highest BCUT2D eigenvalue weighted by atomic mass is 32.1. The molecule has 19 heavy (non-hydrogen) atoms. The molecule has 0 fully saturated rings. The lowest BCUT2D eigenvalue weighted by atomic mass is 9.99. The zero-order valence-corrected chi connectivity index (χ0v) is 13.9. The van der Waals surface area contributed by atoms with Crippen LogP contribution in [0, 0.1) is 0 Å². The van der Waals surface area contributed by atoms with Gasteiger partial charge in [-0.15, -0.1) is 11.3 Å². The number of nitrogens with zero attached hydrogens (tertiary/aromatic N) is 1. The highest BCUT2D eigenvalue weighted by molar-refractivity contribution is 7.09. The van der Waals surface area contributed by atoms with Crippen LogP contribution in [0.3, 0.4) is 0 Å². The first-order chi connectivity index (χ1) is 8.89. The Bertz CT molecular complexity index is 374. The summed E-state index contributed by atoms with van der Waals surface area (Å²) < 4.78 is 5.56. The lowest BCUT2D eigenvalue weighted by molar-refractivity contribution is 0.00682. The number of thiazole rings is 1. The van der Waals surface area contributed by atoms with Crippen molar-refractivity contribution in [2.24, 2.45) is 0 Å². The minimum Gasteiger partial charge on any atom is -0.379 e. The molecule has 0 aliphatic carbocycles. The third-order valence-electron chi connectivity index (χ3n) is 3.32. The SMILES string of the molecule is CCCNC(CC(C)(C)OC)c1nc(C(C)C)cs1. The van der Waals surface area contributed by atoms with E-state index in [1.165, 1.54) is 10.7 Å². The largest absolute Gasteiger partial charge is 0.379 e. The fraction of sp³-hybridized carbons (Fsp3) is 0.800. The molecular formula is C15H28N2OS. The summed E-state index contributed by atoms with van der Waals surface area (Å²) in [6.45, 7) is 11.8.